The van der Waals surface area contributed by atoms with E-state index in [-0.39, 0.29) is 21.2 Å². The van der Waals surface area contributed by atoms with Crippen LogP contribution in [0.1, 0.15) is 17.6 Å². The van der Waals surface area contributed by atoms with Gasteiger partial charge in [0.15, 0.2) is 0 Å². The van der Waals surface area contributed by atoms with Crippen molar-refractivity contribution in [1.29, 1.82) is 0 Å². The predicted molar refractivity (Wildman–Crippen MR) is 51.8 cm³/mol. The summed E-state index contributed by atoms with van der Waals surface area (Å²) in [5.41, 5.74) is 0.0999. The molecular formula is C7H4BrCl2F2N. The number of nitrogens with zero attached hydrogens (tertiary/aromatic N) is 1. The Kier molecular flexibility index (Phi) is 3.88. The van der Waals surface area contributed by atoms with Crippen molar-refractivity contribution in [3.8, 4) is 0 Å². The van der Waals surface area contributed by atoms with Crippen LogP contribution in [-0.4, -0.2) is 4.98 Å². The maximum Gasteiger partial charge on any atom is 0.267 e. The lowest BCUT2D eigenvalue weighted by Crippen LogP contribution is -1.96. The van der Waals surface area contributed by atoms with Gasteiger partial charge >= 0.3 is 0 Å². The molecule has 0 spiro atoms. The zero-order valence-corrected chi connectivity index (χ0v) is 9.30. The molecule has 0 aliphatic heterocycles. The molecule has 0 atom stereocenters. The largest absolute Gasteiger partial charge is 0.267 e. The van der Waals surface area contributed by atoms with E-state index in [2.05, 4.69) is 20.9 Å². The Morgan fingerprint density at radius 2 is 2.08 bits per heavy atom. The molecule has 0 N–H and O–H groups in total. The molecule has 0 aliphatic carbocycles. The molecule has 0 aliphatic rings. The number of halogens is 5. The molecular weight excluding hydrogens is 287 g/mol. The fraction of sp³-hybridized carbons (Fsp3) is 0.286. The van der Waals surface area contributed by atoms with Crippen molar-refractivity contribution in [2.75, 3.05) is 0 Å². The maximum atomic E-state index is 12.4. The average Bonchev–Trinajstić information content (AvgIpc) is 2.01. The fourth-order valence-electron chi connectivity index (χ4n) is 0.881. The van der Waals surface area contributed by atoms with E-state index >= 15 is 0 Å². The first-order valence-electron chi connectivity index (χ1n) is 3.25. The summed E-state index contributed by atoms with van der Waals surface area (Å²) < 4.78 is 24.8. The van der Waals surface area contributed by atoms with E-state index in [4.69, 9.17) is 23.2 Å². The average molecular weight is 291 g/mol. The second kappa shape index (κ2) is 4.53. The number of pyridine rings is 1. The fourth-order valence-corrected chi connectivity index (χ4v) is 1.90. The summed E-state index contributed by atoms with van der Waals surface area (Å²) in [7, 11) is 0. The molecule has 0 saturated heterocycles. The van der Waals surface area contributed by atoms with Crippen LogP contribution in [0.5, 0.6) is 0 Å². The maximum absolute atomic E-state index is 12.4. The summed E-state index contributed by atoms with van der Waals surface area (Å²) in [6, 6.07) is 1.36. The van der Waals surface area contributed by atoms with Gasteiger partial charge in [-0.1, -0.05) is 39.1 Å². The second-order valence-corrected chi connectivity index (χ2v) is 3.55. The lowest BCUT2D eigenvalue weighted by atomic mass is 10.2. The topological polar surface area (TPSA) is 12.9 Å². The zero-order valence-electron chi connectivity index (χ0n) is 6.20. The first-order valence-corrected chi connectivity index (χ1v) is 5.13. The van der Waals surface area contributed by atoms with Crippen LogP contribution < -0.4 is 0 Å². The van der Waals surface area contributed by atoms with Gasteiger partial charge in [0.05, 0.1) is 5.56 Å². The zero-order chi connectivity index (χ0) is 10.0. The summed E-state index contributed by atoms with van der Waals surface area (Å²) in [6.07, 6.45) is -2.63. The summed E-state index contributed by atoms with van der Waals surface area (Å²) in [5.74, 6) is 0. The van der Waals surface area contributed by atoms with Crippen molar-refractivity contribution in [3.63, 3.8) is 0 Å². The van der Waals surface area contributed by atoms with Gasteiger partial charge < -0.3 is 0 Å². The molecule has 0 bridgehead atoms. The Morgan fingerprint density at radius 3 is 2.54 bits per heavy atom. The van der Waals surface area contributed by atoms with E-state index in [0.29, 0.717) is 5.56 Å². The van der Waals surface area contributed by atoms with Gasteiger partial charge in [0.1, 0.15) is 10.3 Å². The monoisotopic (exact) mass is 289 g/mol. The Labute approximate surface area is 92.2 Å². The van der Waals surface area contributed by atoms with E-state index in [9.17, 15) is 8.78 Å². The molecule has 0 aromatic carbocycles. The standard InChI is InChI=1S/C7H4BrCl2F2N/c8-2-3-1-4(9)13-6(10)5(3)7(11)12/h1,7H,2H2. The Balaban J connectivity index is 3.30. The van der Waals surface area contributed by atoms with Crippen molar-refractivity contribution in [3.05, 3.63) is 27.5 Å². The van der Waals surface area contributed by atoms with E-state index < -0.39 is 6.43 Å². The molecule has 1 aromatic heterocycles. The lowest BCUT2D eigenvalue weighted by Gasteiger charge is -2.07. The van der Waals surface area contributed by atoms with E-state index in [0.717, 1.165) is 0 Å². The van der Waals surface area contributed by atoms with Gasteiger partial charge in [-0.25, -0.2) is 13.8 Å². The van der Waals surface area contributed by atoms with Crippen LogP contribution in [0.25, 0.3) is 0 Å². The Hall–Kier alpha value is 0.0700. The van der Waals surface area contributed by atoms with Gasteiger partial charge in [-0.2, -0.15) is 0 Å². The number of hydrogen-bond donors (Lipinski definition) is 0. The normalized spacial score (nSPS) is 10.9. The molecule has 0 amide bonds. The van der Waals surface area contributed by atoms with Gasteiger partial charge in [0, 0.05) is 5.33 Å². The third-order valence-corrected chi connectivity index (χ3v) is 2.51. The van der Waals surface area contributed by atoms with Crippen LogP contribution in [0.4, 0.5) is 8.78 Å². The lowest BCUT2D eigenvalue weighted by molar-refractivity contribution is 0.150. The summed E-state index contributed by atoms with van der Waals surface area (Å²) in [5, 5.41) is 0.148. The predicted octanol–water partition coefficient (Wildman–Crippen LogP) is 4.22. The highest BCUT2D eigenvalue weighted by atomic mass is 79.9. The molecule has 0 fully saturated rings. The molecule has 13 heavy (non-hydrogen) atoms. The second-order valence-electron chi connectivity index (χ2n) is 2.24. The molecule has 72 valence electrons. The first kappa shape index (κ1) is 11.1. The van der Waals surface area contributed by atoms with Crippen LogP contribution in [0.3, 0.4) is 0 Å². The van der Waals surface area contributed by atoms with Crippen LogP contribution in [-0.2, 0) is 5.33 Å². The number of rotatable bonds is 2. The minimum absolute atomic E-state index is 0.115. The van der Waals surface area contributed by atoms with Crippen LogP contribution >= 0.6 is 39.1 Å². The Bertz CT molecular complexity index is 320. The highest BCUT2D eigenvalue weighted by molar-refractivity contribution is 9.08. The van der Waals surface area contributed by atoms with Crippen molar-refractivity contribution in [2.45, 2.75) is 11.8 Å². The third-order valence-electron chi connectivity index (χ3n) is 1.43. The highest BCUT2D eigenvalue weighted by Gasteiger charge is 2.18. The molecule has 0 unspecified atom stereocenters. The molecule has 1 rings (SSSR count). The number of alkyl halides is 3. The van der Waals surface area contributed by atoms with E-state index in [1.54, 1.807) is 0 Å². The van der Waals surface area contributed by atoms with Crippen molar-refractivity contribution in [2.24, 2.45) is 0 Å². The van der Waals surface area contributed by atoms with Gasteiger partial charge in [0.25, 0.3) is 6.43 Å². The molecule has 1 heterocycles. The van der Waals surface area contributed by atoms with Crippen molar-refractivity contribution >= 4 is 39.1 Å². The summed E-state index contributed by atoms with van der Waals surface area (Å²) in [4.78, 5) is 3.53. The minimum atomic E-state index is -2.63. The Morgan fingerprint density at radius 1 is 1.46 bits per heavy atom. The third kappa shape index (κ3) is 2.51. The number of hydrogen-bond acceptors (Lipinski definition) is 1. The van der Waals surface area contributed by atoms with E-state index in [1.807, 2.05) is 0 Å². The summed E-state index contributed by atoms with van der Waals surface area (Å²) >= 11 is 14.1. The SMILES string of the molecule is FC(F)c1c(CBr)cc(Cl)nc1Cl. The molecule has 1 aromatic rings. The number of aromatic nitrogens is 1. The van der Waals surface area contributed by atoms with Crippen LogP contribution in [0.15, 0.2) is 6.07 Å². The molecule has 6 heteroatoms. The van der Waals surface area contributed by atoms with Gasteiger partial charge in [0.2, 0.25) is 0 Å². The summed E-state index contributed by atoms with van der Waals surface area (Å²) in [6.45, 7) is 0. The highest BCUT2D eigenvalue weighted by Crippen LogP contribution is 2.31. The van der Waals surface area contributed by atoms with Crippen LogP contribution in [0.2, 0.25) is 10.3 Å². The van der Waals surface area contributed by atoms with E-state index in [1.165, 1.54) is 6.07 Å². The molecule has 1 nitrogen and oxygen atoms in total. The van der Waals surface area contributed by atoms with Gasteiger partial charge in [-0.05, 0) is 11.6 Å². The van der Waals surface area contributed by atoms with Gasteiger partial charge in [-0.15, -0.1) is 0 Å². The molecule has 0 radical (unpaired) electrons. The van der Waals surface area contributed by atoms with Crippen molar-refractivity contribution < 1.29 is 8.78 Å². The first-order chi connectivity index (χ1) is 6.06. The quantitative estimate of drug-likeness (QED) is 0.587. The van der Waals surface area contributed by atoms with Crippen LogP contribution in [0, 0.1) is 0 Å². The van der Waals surface area contributed by atoms with Crippen molar-refractivity contribution in [1.82, 2.24) is 4.98 Å². The van der Waals surface area contributed by atoms with Gasteiger partial charge in [-0.3, -0.25) is 0 Å². The smallest absolute Gasteiger partial charge is 0.224 e. The molecule has 0 saturated carbocycles. The minimum Gasteiger partial charge on any atom is -0.224 e.